The molecule has 1 aromatic carbocycles. The van der Waals surface area contributed by atoms with Gasteiger partial charge in [0.1, 0.15) is 11.8 Å². The van der Waals surface area contributed by atoms with Crippen molar-refractivity contribution in [3.8, 4) is 5.75 Å². The Morgan fingerprint density at radius 1 is 1.33 bits per heavy atom. The van der Waals surface area contributed by atoms with E-state index in [1.807, 2.05) is 29.2 Å². The lowest BCUT2D eigenvalue weighted by atomic mass is 10.0. The lowest BCUT2D eigenvalue weighted by molar-refractivity contribution is -0.137. The van der Waals surface area contributed by atoms with E-state index in [0.29, 0.717) is 19.5 Å². The molecule has 2 amide bonds. The van der Waals surface area contributed by atoms with E-state index in [1.54, 1.807) is 7.11 Å². The number of nitrogens with one attached hydrogen (secondary N) is 2. The molecule has 0 saturated carbocycles. The minimum Gasteiger partial charge on any atom is -0.497 e. The van der Waals surface area contributed by atoms with E-state index in [9.17, 15) is 9.59 Å². The predicted molar refractivity (Wildman–Crippen MR) is 92.9 cm³/mol. The van der Waals surface area contributed by atoms with Crippen molar-refractivity contribution in [2.24, 2.45) is 0 Å². The van der Waals surface area contributed by atoms with Crippen LogP contribution < -0.4 is 15.4 Å². The van der Waals surface area contributed by atoms with E-state index in [-0.39, 0.29) is 23.9 Å². The van der Waals surface area contributed by atoms with Gasteiger partial charge in [-0.2, -0.15) is 0 Å². The molecule has 1 aliphatic heterocycles. The Morgan fingerprint density at radius 2 is 2.00 bits per heavy atom. The predicted octanol–water partition coefficient (Wildman–Crippen LogP) is 0.951. The average Bonchev–Trinajstić information content (AvgIpc) is 2.52. The van der Waals surface area contributed by atoms with Gasteiger partial charge in [0.25, 0.3) is 0 Å². The SMILES string of the molecule is COc1cccc(C[C@@H](NC(C)=O)C(=O)N2C[C@@H](C)N[C@@H](C)C2)c1. The Hall–Kier alpha value is -2.08. The van der Waals surface area contributed by atoms with Crippen LogP contribution in [0, 0.1) is 0 Å². The molecule has 0 unspecified atom stereocenters. The summed E-state index contributed by atoms with van der Waals surface area (Å²) in [5, 5.41) is 6.21. The van der Waals surface area contributed by atoms with E-state index in [0.717, 1.165) is 11.3 Å². The summed E-state index contributed by atoms with van der Waals surface area (Å²) in [5.74, 6) is 0.506. The van der Waals surface area contributed by atoms with E-state index in [2.05, 4.69) is 24.5 Å². The van der Waals surface area contributed by atoms with E-state index in [1.165, 1.54) is 6.92 Å². The molecule has 2 rings (SSSR count). The molecule has 0 radical (unpaired) electrons. The van der Waals surface area contributed by atoms with Crippen LogP contribution in [-0.4, -0.2) is 55.0 Å². The standard InChI is InChI=1S/C18H27N3O3/c1-12-10-21(11-13(2)19-12)18(23)17(20-14(3)22)9-15-6-5-7-16(8-15)24-4/h5-8,12-13,17,19H,9-11H2,1-4H3,(H,20,22)/t12-,13+,17-/m1/s1. The van der Waals surface area contributed by atoms with Gasteiger partial charge in [-0.3, -0.25) is 9.59 Å². The second-order valence-electron chi connectivity index (χ2n) is 6.52. The Bertz CT molecular complexity index is 581. The van der Waals surface area contributed by atoms with Crippen LogP contribution >= 0.6 is 0 Å². The van der Waals surface area contributed by atoms with Gasteiger partial charge in [-0.1, -0.05) is 12.1 Å². The highest BCUT2D eigenvalue weighted by atomic mass is 16.5. The summed E-state index contributed by atoms with van der Waals surface area (Å²) in [6.07, 6.45) is 0.447. The third-order valence-corrected chi connectivity index (χ3v) is 4.12. The zero-order valence-corrected chi connectivity index (χ0v) is 14.8. The van der Waals surface area contributed by atoms with Crippen molar-refractivity contribution in [1.82, 2.24) is 15.5 Å². The van der Waals surface area contributed by atoms with Crippen LogP contribution in [0.2, 0.25) is 0 Å². The number of methoxy groups -OCH3 is 1. The molecule has 0 aliphatic carbocycles. The van der Waals surface area contributed by atoms with Crippen LogP contribution in [0.5, 0.6) is 5.75 Å². The summed E-state index contributed by atoms with van der Waals surface area (Å²) in [7, 11) is 1.61. The molecule has 3 atom stereocenters. The molecule has 1 aromatic rings. The second kappa shape index (κ2) is 8.15. The Kier molecular flexibility index (Phi) is 6.20. The summed E-state index contributed by atoms with van der Waals surface area (Å²) >= 11 is 0. The number of piperazine rings is 1. The number of carbonyl (C=O) groups excluding carboxylic acids is 2. The first-order chi connectivity index (χ1) is 11.4. The number of rotatable bonds is 5. The Balaban J connectivity index is 2.14. The number of amides is 2. The van der Waals surface area contributed by atoms with Crippen molar-refractivity contribution in [2.45, 2.75) is 45.3 Å². The summed E-state index contributed by atoms with van der Waals surface area (Å²) < 4.78 is 5.23. The fraction of sp³-hybridized carbons (Fsp3) is 0.556. The van der Waals surface area contributed by atoms with Gasteiger partial charge < -0.3 is 20.3 Å². The number of benzene rings is 1. The van der Waals surface area contributed by atoms with Crippen molar-refractivity contribution in [3.05, 3.63) is 29.8 Å². The third kappa shape index (κ3) is 4.96. The smallest absolute Gasteiger partial charge is 0.245 e. The first kappa shape index (κ1) is 18.3. The van der Waals surface area contributed by atoms with Gasteiger partial charge in [-0.25, -0.2) is 0 Å². The van der Waals surface area contributed by atoms with Crippen LogP contribution in [0.25, 0.3) is 0 Å². The minimum atomic E-state index is -0.563. The van der Waals surface area contributed by atoms with E-state index < -0.39 is 6.04 Å². The molecule has 2 N–H and O–H groups in total. The molecule has 6 nitrogen and oxygen atoms in total. The molecule has 6 heteroatoms. The lowest BCUT2D eigenvalue weighted by Crippen LogP contribution is -2.59. The number of ether oxygens (including phenoxy) is 1. The molecular weight excluding hydrogens is 306 g/mol. The van der Waals surface area contributed by atoms with Gasteiger partial charge in [0.15, 0.2) is 0 Å². The fourth-order valence-electron chi connectivity index (χ4n) is 3.21. The average molecular weight is 333 g/mol. The molecule has 0 bridgehead atoms. The Labute approximate surface area is 143 Å². The van der Waals surface area contributed by atoms with Crippen molar-refractivity contribution >= 4 is 11.8 Å². The van der Waals surface area contributed by atoms with Crippen molar-refractivity contribution in [1.29, 1.82) is 0 Å². The maximum Gasteiger partial charge on any atom is 0.245 e. The lowest BCUT2D eigenvalue weighted by Gasteiger charge is -2.38. The van der Waals surface area contributed by atoms with E-state index >= 15 is 0 Å². The second-order valence-corrected chi connectivity index (χ2v) is 6.52. The van der Waals surface area contributed by atoms with Gasteiger partial charge >= 0.3 is 0 Å². The maximum atomic E-state index is 12.9. The number of nitrogens with zero attached hydrogens (tertiary/aromatic N) is 1. The van der Waals surface area contributed by atoms with Crippen LogP contribution in [0.1, 0.15) is 26.3 Å². The zero-order valence-electron chi connectivity index (χ0n) is 14.8. The molecule has 132 valence electrons. The van der Waals surface area contributed by atoms with E-state index in [4.69, 9.17) is 4.74 Å². The molecule has 1 saturated heterocycles. The molecule has 1 aliphatic rings. The van der Waals surface area contributed by atoms with Crippen LogP contribution in [0.3, 0.4) is 0 Å². The first-order valence-electron chi connectivity index (χ1n) is 8.34. The molecular formula is C18H27N3O3. The van der Waals surface area contributed by atoms with Gasteiger partial charge in [0.05, 0.1) is 7.11 Å². The zero-order chi connectivity index (χ0) is 17.7. The summed E-state index contributed by atoms with van der Waals surface area (Å²) in [4.78, 5) is 26.3. The first-order valence-corrected chi connectivity index (χ1v) is 8.34. The largest absolute Gasteiger partial charge is 0.497 e. The van der Waals surface area contributed by atoms with Gasteiger partial charge in [-0.05, 0) is 31.5 Å². The van der Waals surface area contributed by atoms with Crippen molar-refractivity contribution < 1.29 is 14.3 Å². The highest BCUT2D eigenvalue weighted by Gasteiger charge is 2.30. The molecule has 0 aromatic heterocycles. The number of hydrogen-bond donors (Lipinski definition) is 2. The topological polar surface area (TPSA) is 70.7 Å². The van der Waals surface area contributed by atoms with Gasteiger partial charge in [-0.15, -0.1) is 0 Å². The molecule has 1 fully saturated rings. The summed E-state index contributed by atoms with van der Waals surface area (Å²) in [6.45, 7) is 6.86. The van der Waals surface area contributed by atoms with Crippen LogP contribution in [-0.2, 0) is 16.0 Å². The summed E-state index contributed by atoms with van der Waals surface area (Å²) in [6, 6.07) is 7.50. The Morgan fingerprint density at radius 3 is 2.58 bits per heavy atom. The molecule has 1 heterocycles. The quantitative estimate of drug-likeness (QED) is 0.842. The number of carbonyl (C=O) groups is 2. The maximum absolute atomic E-state index is 12.9. The summed E-state index contributed by atoms with van der Waals surface area (Å²) in [5.41, 5.74) is 0.956. The fourth-order valence-corrected chi connectivity index (χ4v) is 3.21. The minimum absolute atomic E-state index is 0.0341. The molecule has 0 spiro atoms. The van der Waals surface area contributed by atoms with Gasteiger partial charge in [0.2, 0.25) is 11.8 Å². The highest BCUT2D eigenvalue weighted by Crippen LogP contribution is 2.15. The monoisotopic (exact) mass is 333 g/mol. The molecule has 24 heavy (non-hydrogen) atoms. The van der Waals surface area contributed by atoms with Crippen LogP contribution in [0.15, 0.2) is 24.3 Å². The number of hydrogen-bond acceptors (Lipinski definition) is 4. The van der Waals surface area contributed by atoms with Crippen molar-refractivity contribution in [2.75, 3.05) is 20.2 Å². The van der Waals surface area contributed by atoms with Crippen LogP contribution in [0.4, 0.5) is 0 Å². The van der Waals surface area contributed by atoms with Crippen molar-refractivity contribution in [3.63, 3.8) is 0 Å². The van der Waals surface area contributed by atoms with Gasteiger partial charge in [0, 0.05) is 38.5 Å². The highest BCUT2D eigenvalue weighted by molar-refractivity contribution is 5.87. The third-order valence-electron chi connectivity index (χ3n) is 4.12. The normalized spacial score (nSPS) is 21.9.